The lowest BCUT2D eigenvalue weighted by Gasteiger charge is -2.36. The average Bonchev–Trinajstić information content (AvgIpc) is 2.79. The van der Waals surface area contributed by atoms with Crippen LogP contribution in [-0.4, -0.2) is 58.2 Å². The van der Waals surface area contributed by atoms with E-state index in [9.17, 15) is 15.3 Å². The Bertz CT molecular complexity index is 319. The summed E-state index contributed by atoms with van der Waals surface area (Å²) in [6.07, 6.45) is -0.622. The third-order valence-electron chi connectivity index (χ3n) is 3.16. The van der Waals surface area contributed by atoms with E-state index in [1.54, 1.807) is 11.3 Å². The van der Waals surface area contributed by atoms with Gasteiger partial charge in [0.15, 0.2) is 0 Å². The fraction of sp³-hybridized carbons (Fsp3) is 0.667. The highest BCUT2D eigenvalue weighted by atomic mass is 32.1. The number of piperidine rings is 1. The van der Waals surface area contributed by atoms with Gasteiger partial charge in [-0.2, -0.15) is 0 Å². The minimum Gasteiger partial charge on any atom is -0.389 e. The number of rotatable bonds is 4. The van der Waals surface area contributed by atoms with Gasteiger partial charge >= 0.3 is 0 Å². The van der Waals surface area contributed by atoms with Crippen LogP contribution in [0.25, 0.3) is 0 Å². The van der Waals surface area contributed by atoms with Crippen molar-refractivity contribution in [1.82, 2.24) is 4.90 Å². The Morgan fingerprint density at radius 2 is 1.94 bits per heavy atom. The van der Waals surface area contributed by atoms with Gasteiger partial charge in [-0.1, -0.05) is 6.07 Å². The molecular formula is C12H19NO3S. The molecule has 3 N–H and O–H groups in total. The van der Waals surface area contributed by atoms with E-state index in [2.05, 4.69) is 11.4 Å². The first kappa shape index (κ1) is 13.0. The Labute approximate surface area is 105 Å². The van der Waals surface area contributed by atoms with Gasteiger partial charge in [0, 0.05) is 18.0 Å². The standard InChI is InChI=1S/C12H19NO3S/c14-10-7-13(8-11(15)12(10)16)5-1-3-9-4-2-6-17-9/h2,4,6,10-12,14-16H,1,3,5,7-8H2/t10-,11+,12+. The maximum Gasteiger partial charge on any atom is 0.108 e. The van der Waals surface area contributed by atoms with Crippen LogP contribution < -0.4 is 0 Å². The molecule has 0 unspecified atom stereocenters. The zero-order valence-electron chi connectivity index (χ0n) is 9.70. The minimum absolute atomic E-state index is 0.447. The van der Waals surface area contributed by atoms with Crippen molar-refractivity contribution in [2.45, 2.75) is 31.2 Å². The van der Waals surface area contributed by atoms with E-state index in [0.29, 0.717) is 13.1 Å². The number of β-amino-alcohol motifs (C(OH)–C–C–N with tert-alkyl or cyclic N) is 2. The molecule has 1 aromatic rings. The van der Waals surface area contributed by atoms with Crippen LogP contribution in [0.2, 0.25) is 0 Å². The second-order valence-electron chi connectivity index (χ2n) is 4.57. The SMILES string of the molecule is O[C@H]1[C@H](O)CN(CCCc2cccs2)C[C@@H]1O. The topological polar surface area (TPSA) is 63.9 Å². The van der Waals surface area contributed by atoms with Gasteiger partial charge in [0.1, 0.15) is 6.10 Å². The van der Waals surface area contributed by atoms with Crippen molar-refractivity contribution in [3.05, 3.63) is 22.4 Å². The van der Waals surface area contributed by atoms with Crippen LogP contribution in [0.5, 0.6) is 0 Å². The summed E-state index contributed by atoms with van der Waals surface area (Å²) in [7, 11) is 0. The molecule has 1 saturated heterocycles. The Morgan fingerprint density at radius 3 is 2.53 bits per heavy atom. The largest absolute Gasteiger partial charge is 0.389 e. The zero-order valence-corrected chi connectivity index (χ0v) is 10.5. The lowest BCUT2D eigenvalue weighted by Crippen LogP contribution is -2.55. The van der Waals surface area contributed by atoms with Gasteiger partial charge in [-0.3, -0.25) is 4.90 Å². The molecule has 0 radical (unpaired) electrons. The maximum absolute atomic E-state index is 9.55. The first-order valence-corrected chi connectivity index (χ1v) is 6.83. The maximum atomic E-state index is 9.55. The monoisotopic (exact) mass is 257 g/mol. The molecule has 0 amide bonds. The molecule has 1 fully saturated rings. The molecule has 1 aliphatic rings. The van der Waals surface area contributed by atoms with E-state index in [-0.39, 0.29) is 0 Å². The second-order valence-corrected chi connectivity index (χ2v) is 5.60. The molecule has 4 nitrogen and oxygen atoms in total. The van der Waals surface area contributed by atoms with E-state index < -0.39 is 18.3 Å². The molecule has 2 heterocycles. The number of likely N-dealkylation sites (tertiary alicyclic amines) is 1. The number of aliphatic hydroxyl groups is 3. The van der Waals surface area contributed by atoms with Crippen molar-refractivity contribution in [2.24, 2.45) is 0 Å². The van der Waals surface area contributed by atoms with Crippen LogP contribution in [-0.2, 0) is 6.42 Å². The Hall–Kier alpha value is -0.460. The predicted octanol–water partition coefficient (Wildman–Crippen LogP) is 0.0790. The normalized spacial score (nSPS) is 30.6. The van der Waals surface area contributed by atoms with Gasteiger partial charge in [0.05, 0.1) is 12.2 Å². The van der Waals surface area contributed by atoms with Crippen LogP contribution >= 0.6 is 11.3 Å². The molecule has 3 atom stereocenters. The first-order valence-electron chi connectivity index (χ1n) is 5.96. The van der Waals surface area contributed by atoms with Gasteiger partial charge in [-0.15, -0.1) is 11.3 Å². The van der Waals surface area contributed by atoms with E-state index in [0.717, 1.165) is 19.4 Å². The van der Waals surface area contributed by atoms with Crippen LogP contribution in [0.3, 0.4) is 0 Å². The fourth-order valence-electron chi connectivity index (χ4n) is 2.19. The summed E-state index contributed by atoms with van der Waals surface area (Å²) < 4.78 is 0. The highest BCUT2D eigenvalue weighted by Crippen LogP contribution is 2.14. The molecule has 0 saturated carbocycles. The number of hydrogen-bond acceptors (Lipinski definition) is 5. The molecule has 5 heteroatoms. The Morgan fingerprint density at radius 1 is 1.24 bits per heavy atom. The minimum atomic E-state index is -0.997. The summed E-state index contributed by atoms with van der Waals surface area (Å²) in [4.78, 5) is 3.37. The number of nitrogens with zero attached hydrogens (tertiary/aromatic N) is 1. The average molecular weight is 257 g/mol. The summed E-state index contributed by atoms with van der Waals surface area (Å²) in [5.41, 5.74) is 0. The van der Waals surface area contributed by atoms with Crippen molar-refractivity contribution in [3.8, 4) is 0 Å². The Balaban J connectivity index is 1.72. The molecule has 0 aromatic carbocycles. The van der Waals surface area contributed by atoms with Crippen molar-refractivity contribution in [3.63, 3.8) is 0 Å². The summed E-state index contributed by atoms with van der Waals surface area (Å²) in [6.45, 7) is 1.74. The quantitative estimate of drug-likeness (QED) is 0.715. The third-order valence-corrected chi connectivity index (χ3v) is 4.09. The summed E-state index contributed by atoms with van der Waals surface area (Å²) in [5, 5.41) is 30.6. The van der Waals surface area contributed by atoms with Gasteiger partial charge < -0.3 is 15.3 Å². The van der Waals surface area contributed by atoms with Crippen molar-refractivity contribution in [2.75, 3.05) is 19.6 Å². The molecular weight excluding hydrogens is 238 g/mol. The summed E-state index contributed by atoms with van der Waals surface area (Å²) >= 11 is 1.75. The predicted molar refractivity (Wildman–Crippen MR) is 67.1 cm³/mol. The van der Waals surface area contributed by atoms with Gasteiger partial charge in [-0.05, 0) is 30.8 Å². The smallest absolute Gasteiger partial charge is 0.108 e. The van der Waals surface area contributed by atoms with Crippen molar-refractivity contribution >= 4 is 11.3 Å². The molecule has 1 aliphatic heterocycles. The molecule has 1 aromatic heterocycles. The number of thiophene rings is 1. The number of aryl methyl sites for hydroxylation is 1. The molecule has 17 heavy (non-hydrogen) atoms. The van der Waals surface area contributed by atoms with E-state index in [4.69, 9.17) is 0 Å². The fourth-order valence-corrected chi connectivity index (χ4v) is 2.94. The lowest BCUT2D eigenvalue weighted by molar-refractivity contribution is -0.109. The van der Waals surface area contributed by atoms with Crippen molar-refractivity contribution in [1.29, 1.82) is 0 Å². The summed E-state index contributed by atoms with van der Waals surface area (Å²) in [6, 6.07) is 4.17. The molecule has 0 bridgehead atoms. The van der Waals surface area contributed by atoms with E-state index >= 15 is 0 Å². The van der Waals surface area contributed by atoms with Gasteiger partial charge in [-0.25, -0.2) is 0 Å². The van der Waals surface area contributed by atoms with Crippen LogP contribution in [0.15, 0.2) is 17.5 Å². The van der Waals surface area contributed by atoms with Gasteiger partial charge in [0.25, 0.3) is 0 Å². The van der Waals surface area contributed by atoms with Crippen LogP contribution in [0.4, 0.5) is 0 Å². The molecule has 0 spiro atoms. The van der Waals surface area contributed by atoms with Gasteiger partial charge in [0.2, 0.25) is 0 Å². The molecule has 2 rings (SSSR count). The van der Waals surface area contributed by atoms with Crippen LogP contribution in [0, 0.1) is 0 Å². The number of aliphatic hydroxyl groups excluding tert-OH is 3. The highest BCUT2D eigenvalue weighted by molar-refractivity contribution is 7.09. The lowest BCUT2D eigenvalue weighted by atomic mass is 10.0. The summed E-state index contributed by atoms with van der Waals surface area (Å²) in [5.74, 6) is 0. The van der Waals surface area contributed by atoms with Crippen molar-refractivity contribution < 1.29 is 15.3 Å². The molecule has 96 valence electrons. The molecule has 0 aliphatic carbocycles. The zero-order chi connectivity index (χ0) is 12.3. The van der Waals surface area contributed by atoms with E-state index in [1.807, 2.05) is 11.0 Å². The highest BCUT2D eigenvalue weighted by Gasteiger charge is 2.32. The third kappa shape index (κ3) is 3.50. The Kier molecular flexibility index (Phi) is 4.53. The van der Waals surface area contributed by atoms with Crippen LogP contribution in [0.1, 0.15) is 11.3 Å². The first-order chi connectivity index (χ1) is 8.16. The second kappa shape index (κ2) is 5.93. The number of hydrogen-bond donors (Lipinski definition) is 3. The van der Waals surface area contributed by atoms with E-state index in [1.165, 1.54) is 4.88 Å².